The van der Waals surface area contributed by atoms with Crippen molar-refractivity contribution in [3.8, 4) is 0 Å². The molecule has 25 heavy (non-hydrogen) atoms. The first-order chi connectivity index (χ1) is 11.9. The zero-order chi connectivity index (χ0) is 18.0. The molecule has 0 aliphatic heterocycles. The molecule has 8 nitrogen and oxygen atoms in total. The minimum Gasteiger partial charge on any atom is -0.326 e. The predicted molar refractivity (Wildman–Crippen MR) is 93.4 cm³/mol. The number of hydrogen-bond donors (Lipinski definition) is 2. The fourth-order valence-electron chi connectivity index (χ4n) is 2.16. The molecule has 1 aromatic carbocycles. The quantitative estimate of drug-likeness (QED) is 0.760. The van der Waals surface area contributed by atoms with Crippen molar-refractivity contribution in [2.75, 3.05) is 10.6 Å². The van der Waals surface area contributed by atoms with Crippen LogP contribution in [0.5, 0.6) is 0 Å². The average Bonchev–Trinajstić information content (AvgIpc) is 2.96. The Balaban J connectivity index is 1.80. The number of nitrogens with zero attached hydrogens (tertiary/aromatic N) is 4. The van der Waals surface area contributed by atoms with Crippen LogP contribution in [0.2, 0.25) is 0 Å². The lowest BCUT2D eigenvalue weighted by Crippen LogP contribution is -2.19. The number of rotatable bonds is 4. The number of amides is 2. The van der Waals surface area contributed by atoms with Crippen molar-refractivity contribution < 1.29 is 9.59 Å². The lowest BCUT2D eigenvalue weighted by atomic mass is 10.1. The van der Waals surface area contributed by atoms with Crippen LogP contribution in [0.4, 0.5) is 11.6 Å². The fraction of sp³-hybridized carbons (Fsp3) is 0.235. The summed E-state index contributed by atoms with van der Waals surface area (Å²) in [6.45, 7) is 5.46. The molecule has 0 saturated heterocycles. The molecule has 2 aromatic heterocycles. The van der Waals surface area contributed by atoms with Gasteiger partial charge in [0.1, 0.15) is 0 Å². The fourth-order valence-corrected chi connectivity index (χ4v) is 2.16. The van der Waals surface area contributed by atoms with Crippen LogP contribution in [-0.2, 0) is 4.79 Å². The molecule has 2 N–H and O–H groups in total. The van der Waals surface area contributed by atoms with Gasteiger partial charge in [0.25, 0.3) is 11.7 Å². The van der Waals surface area contributed by atoms with Crippen molar-refractivity contribution in [2.45, 2.75) is 20.8 Å². The van der Waals surface area contributed by atoms with Crippen LogP contribution in [0.1, 0.15) is 29.9 Å². The lowest BCUT2D eigenvalue weighted by molar-refractivity contribution is -0.118. The number of aryl methyl sites for hydroxylation is 1. The first-order valence-electron chi connectivity index (χ1n) is 7.84. The van der Waals surface area contributed by atoms with E-state index >= 15 is 0 Å². The van der Waals surface area contributed by atoms with Crippen LogP contribution in [0.15, 0.2) is 36.5 Å². The highest BCUT2D eigenvalue weighted by Gasteiger charge is 2.13. The van der Waals surface area contributed by atoms with Crippen LogP contribution in [0.25, 0.3) is 5.78 Å². The normalized spacial score (nSPS) is 10.9. The van der Waals surface area contributed by atoms with Crippen LogP contribution in [-0.4, -0.2) is 31.4 Å². The van der Waals surface area contributed by atoms with Crippen LogP contribution >= 0.6 is 0 Å². The molecule has 3 rings (SSSR count). The van der Waals surface area contributed by atoms with Gasteiger partial charge in [-0.05, 0) is 31.2 Å². The third kappa shape index (κ3) is 3.63. The van der Waals surface area contributed by atoms with Crippen LogP contribution in [0, 0.1) is 12.8 Å². The van der Waals surface area contributed by atoms with Gasteiger partial charge in [-0.3, -0.25) is 19.3 Å². The molecule has 0 aliphatic carbocycles. The van der Waals surface area contributed by atoms with Crippen molar-refractivity contribution >= 4 is 29.2 Å². The second kappa shape index (κ2) is 6.68. The number of carbonyl (C=O) groups is 2. The van der Waals surface area contributed by atoms with Gasteiger partial charge in [0.05, 0.1) is 0 Å². The van der Waals surface area contributed by atoms with Crippen molar-refractivity contribution in [1.82, 2.24) is 19.6 Å². The topological polar surface area (TPSA) is 101 Å². The third-order valence-corrected chi connectivity index (χ3v) is 3.56. The Kier molecular flexibility index (Phi) is 4.42. The molecule has 8 heteroatoms. The Labute approximate surface area is 144 Å². The monoisotopic (exact) mass is 338 g/mol. The number of carbonyl (C=O) groups excluding carboxylic acids is 2. The van der Waals surface area contributed by atoms with Crippen molar-refractivity contribution in [1.29, 1.82) is 0 Å². The van der Waals surface area contributed by atoms with E-state index in [1.165, 1.54) is 0 Å². The molecule has 2 amide bonds. The van der Waals surface area contributed by atoms with E-state index in [2.05, 4.69) is 25.8 Å². The zero-order valence-corrected chi connectivity index (χ0v) is 14.1. The Bertz CT molecular complexity index is 947. The van der Waals surface area contributed by atoms with Crippen molar-refractivity contribution in [3.05, 3.63) is 47.8 Å². The summed E-state index contributed by atoms with van der Waals surface area (Å²) >= 11 is 0. The highest BCUT2D eigenvalue weighted by Crippen LogP contribution is 2.14. The first kappa shape index (κ1) is 16.6. The summed E-state index contributed by atoms with van der Waals surface area (Å²) in [6.07, 6.45) is 1.74. The standard InChI is InChI=1S/C17H18N6O2/c1-10(2)14(24)19-13-6-4-5-12(9-13)15(25)20-17-22-21-16-18-11(3)7-8-23(16)17/h4-10H,1-3H3,(H,19,24)(H,20,22,25). The molecule has 0 aliphatic rings. The Morgan fingerprint density at radius 3 is 2.68 bits per heavy atom. The maximum Gasteiger partial charge on any atom is 0.258 e. The van der Waals surface area contributed by atoms with Gasteiger partial charge in [0.15, 0.2) is 0 Å². The molecule has 0 atom stereocenters. The minimum absolute atomic E-state index is 0.109. The van der Waals surface area contributed by atoms with Gasteiger partial charge in [0, 0.05) is 29.1 Å². The van der Waals surface area contributed by atoms with Gasteiger partial charge in [-0.15, -0.1) is 10.2 Å². The number of hydrogen-bond acceptors (Lipinski definition) is 5. The third-order valence-electron chi connectivity index (χ3n) is 3.56. The smallest absolute Gasteiger partial charge is 0.258 e. The molecular weight excluding hydrogens is 320 g/mol. The van der Waals surface area contributed by atoms with Crippen molar-refractivity contribution in [3.63, 3.8) is 0 Å². The van der Waals surface area contributed by atoms with E-state index in [4.69, 9.17) is 0 Å². The zero-order valence-electron chi connectivity index (χ0n) is 14.1. The molecule has 0 saturated carbocycles. The molecule has 3 aromatic rings. The van der Waals surface area contributed by atoms with E-state index in [-0.39, 0.29) is 23.7 Å². The van der Waals surface area contributed by atoms with Gasteiger partial charge in [0.2, 0.25) is 11.9 Å². The SMILES string of the molecule is Cc1ccn2c(NC(=O)c3cccc(NC(=O)C(C)C)c3)nnc2n1. The maximum absolute atomic E-state index is 12.5. The second-order valence-electron chi connectivity index (χ2n) is 5.94. The number of benzene rings is 1. The molecule has 2 heterocycles. The van der Waals surface area contributed by atoms with E-state index in [9.17, 15) is 9.59 Å². The summed E-state index contributed by atoms with van der Waals surface area (Å²) in [4.78, 5) is 28.5. The number of nitrogens with one attached hydrogen (secondary N) is 2. The first-order valence-corrected chi connectivity index (χ1v) is 7.84. The van der Waals surface area contributed by atoms with Gasteiger partial charge in [-0.1, -0.05) is 19.9 Å². The number of anilines is 2. The average molecular weight is 338 g/mol. The maximum atomic E-state index is 12.5. The van der Waals surface area contributed by atoms with Crippen LogP contribution in [0.3, 0.4) is 0 Å². The summed E-state index contributed by atoms with van der Waals surface area (Å²) < 4.78 is 1.59. The van der Waals surface area contributed by atoms with Gasteiger partial charge in [-0.2, -0.15) is 0 Å². The molecule has 0 radical (unpaired) electrons. The molecule has 0 spiro atoms. The van der Waals surface area contributed by atoms with Gasteiger partial charge in [-0.25, -0.2) is 4.98 Å². The Morgan fingerprint density at radius 2 is 1.92 bits per heavy atom. The highest BCUT2D eigenvalue weighted by molar-refractivity contribution is 6.04. The number of fused-ring (bicyclic) bond motifs is 1. The second-order valence-corrected chi connectivity index (χ2v) is 5.94. The molecular formula is C17H18N6O2. The van der Waals surface area contributed by atoms with Gasteiger partial charge >= 0.3 is 0 Å². The number of aromatic nitrogens is 4. The van der Waals surface area contributed by atoms with E-state index < -0.39 is 0 Å². The van der Waals surface area contributed by atoms with E-state index in [1.807, 2.05) is 6.92 Å². The molecule has 0 unspecified atom stereocenters. The van der Waals surface area contributed by atoms with E-state index in [0.717, 1.165) is 5.69 Å². The molecule has 0 fully saturated rings. The lowest BCUT2D eigenvalue weighted by Gasteiger charge is -2.09. The largest absolute Gasteiger partial charge is 0.326 e. The summed E-state index contributed by atoms with van der Waals surface area (Å²) in [5.41, 5.74) is 1.78. The molecule has 0 bridgehead atoms. The predicted octanol–water partition coefficient (Wildman–Crippen LogP) is 2.28. The van der Waals surface area contributed by atoms with Gasteiger partial charge < -0.3 is 5.32 Å². The summed E-state index contributed by atoms with van der Waals surface area (Å²) in [5, 5.41) is 13.3. The minimum atomic E-state index is -0.351. The summed E-state index contributed by atoms with van der Waals surface area (Å²) in [7, 11) is 0. The summed E-state index contributed by atoms with van der Waals surface area (Å²) in [6, 6.07) is 8.51. The molecule has 128 valence electrons. The summed E-state index contributed by atoms with van der Waals surface area (Å²) in [5.74, 6) is 0.0890. The van der Waals surface area contributed by atoms with Crippen LogP contribution < -0.4 is 10.6 Å². The Hall–Kier alpha value is -3.29. The Morgan fingerprint density at radius 1 is 1.12 bits per heavy atom. The van der Waals surface area contributed by atoms with Crippen molar-refractivity contribution in [2.24, 2.45) is 5.92 Å². The van der Waals surface area contributed by atoms with E-state index in [1.54, 1.807) is 54.8 Å². The van der Waals surface area contributed by atoms with E-state index in [0.29, 0.717) is 17.0 Å². The highest BCUT2D eigenvalue weighted by atomic mass is 16.2.